The second-order valence-electron chi connectivity index (χ2n) is 23.1. The maximum atomic E-state index is 12.8. The van der Waals surface area contributed by atoms with Gasteiger partial charge in [0.1, 0.15) is 19.8 Å². The average Bonchev–Trinajstić information content (AvgIpc) is 3.40. The van der Waals surface area contributed by atoms with Gasteiger partial charge in [-0.3, -0.25) is 14.2 Å². The van der Waals surface area contributed by atoms with E-state index in [0.717, 1.165) is 70.6 Å². The summed E-state index contributed by atoms with van der Waals surface area (Å²) in [5, 5.41) is 0. The van der Waals surface area contributed by atoms with Crippen LogP contribution in [-0.2, 0) is 32.7 Å². The highest BCUT2D eigenvalue weighted by Gasteiger charge is 2.22. The third-order valence-electron chi connectivity index (χ3n) is 14.2. The molecule has 0 radical (unpaired) electrons. The number of quaternary nitrogens is 1. The van der Waals surface area contributed by atoms with Gasteiger partial charge in [0.2, 0.25) is 0 Å². The number of hydrogen-bond donors (Lipinski definition) is 0. The van der Waals surface area contributed by atoms with Gasteiger partial charge >= 0.3 is 11.9 Å². The van der Waals surface area contributed by atoms with E-state index in [9.17, 15) is 19.0 Å². The lowest BCUT2D eigenvalue weighted by molar-refractivity contribution is -0.870. The number of hydrogen-bond acceptors (Lipinski definition) is 8. The number of nitrogens with zero attached hydrogens (tertiary/aromatic N) is 1. The highest BCUT2D eigenvalue weighted by Crippen LogP contribution is 2.38. The summed E-state index contributed by atoms with van der Waals surface area (Å²) in [6, 6.07) is 0. The molecule has 0 aromatic rings. The van der Waals surface area contributed by atoms with E-state index in [-0.39, 0.29) is 32.0 Å². The summed E-state index contributed by atoms with van der Waals surface area (Å²) in [7, 11) is 1.17. The summed E-state index contributed by atoms with van der Waals surface area (Å²) >= 11 is 0. The van der Waals surface area contributed by atoms with Crippen molar-refractivity contribution in [3.63, 3.8) is 0 Å². The van der Waals surface area contributed by atoms with Gasteiger partial charge in [-0.1, -0.05) is 273 Å². The number of carbonyl (C=O) groups excluding carboxylic acids is 2. The van der Waals surface area contributed by atoms with E-state index in [0.29, 0.717) is 17.4 Å². The molecule has 0 bridgehead atoms. The summed E-state index contributed by atoms with van der Waals surface area (Å²) in [5.74, 6) is -0.825. The molecule has 2 atom stereocenters. The minimum atomic E-state index is -4.64. The van der Waals surface area contributed by atoms with E-state index in [1.54, 1.807) is 0 Å². The number of rotatable bonds is 60. The first-order valence-corrected chi connectivity index (χ1v) is 34.1. The molecule has 0 aliphatic carbocycles. The lowest BCUT2D eigenvalue weighted by Crippen LogP contribution is -2.37. The van der Waals surface area contributed by atoms with Crippen LogP contribution in [0.4, 0.5) is 0 Å². The van der Waals surface area contributed by atoms with Crippen molar-refractivity contribution >= 4 is 19.8 Å². The van der Waals surface area contributed by atoms with Gasteiger partial charge in [-0.25, -0.2) is 0 Å². The molecule has 0 saturated heterocycles. The van der Waals surface area contributed by atoms with Crippen LogP contribution < -0.4 is 4.89 Å². The molecular weight excluding hydrogens is 990 g/mol. The van der Waals surface area contributed by atoms with Crippen molar-refractivity contribution in [1.29, 1.82) is 0 Å². The van der Waals surface area contributed by atoms with Crippen LogP contribution in [0, 0.1) is 0 Å². The van der Waals surface area contributed by atoms with Crippen molar-refractivity contribution in [1.82, 2.24) is 0 Å². The normalized spacial score (nSPS) is 13.7. The first kappa shape index (κ1) is 75.5. The third-order valence-corrected chi connectivity index (χ3v) is 15.2. The minimum absolute atomic E-state index is 0.0316. The lowest BCUT2D eigenvalue weighted by Gasteiger charge is -2.28. The van der Waals surface area contributed by atoms with Gasteiger partial charge in [0, 0.05) is 12.8 Å². The van der Waals surface area contributed by atoms with Gasteiger partial charge in [0.25, 0.3) is 7.82 Å². The Labute approximate surface area is 482 Å². The topological polar surface area (TPSA) is 111 Å². The molecule has 2 unspecified atom stereocenters. The van der Waals surface area contributed by atoms with Crippen LogP contribution in [0.1, 0.15) is 296 Å². The fourth-order valence-electron chi connectivity index (χ4n) is 9.21. The molecule has 0 fully saturated rings. The Morgan fingerprint density at radius 3 is 1.10 bits per heavy atom. The van der Waals surface area contributed by atoms with Crippen LogP contribution in [0.25, 0.3) is 0 Å². The predicted octanol–water partition coefficient (Wildman–Crippen LogP) is 20.2. The number of allylic oxidation sites excluding steroid dienone is 12. The molecule has 0 N–H and O–H groups in total. The molecule has 9 nitrogen and oxygen atoms in total. The molecule has 0 rings (SSSR count). The van der Waals surface area contributed by atoms with Crippen LogP contribution in [0.5, 0.6) is 0 Å². The zero-order chi connectivity index (χ0) is 57.0. The van der Waals surface area contributed by atoms with Crippen molar-refractivity contribution in [2.24, 2.45) is 0 Å². The SMILES string of the molecule is CC/C=C\C/C=C\C/C=C\C/C=C\C/C=C\CCCCCCCCCCCCCCCCCC(=O)OC(COC(=O)CCCCCCCCCCCCC/C=C\CCCCCCCCCC)COP(=O)([O-])OCC[N+](C)(C)C. The molecule has 0 amide bonds. The second kappa shape index (κ2) is 59.1. The van der Waals surface area contributed by atoms with Gasteiger partial charge in [-0.2, -0.15) is 0 Å². The van der Waals surface area contributed by atoms with Crippen molar-refractivity contribution in [2.45, 2.75) is 302 Å². The van der Waals surface area contributed by atoms with E-state index in [4.69, 9.17) is 18.5 Å². The molecule has 0 heterocycles. The van der Waals surface area contributed by atoms with Crippen molar-refractivity contribution < 1.29 is 42.1 Å². The molecule has 0 aromatic carbocycles. The molecule has 0 aliphatic heterocycles. The summed E-state index contributed by atoms with van der Waals surface area (Å²) < 4.78 is 34.3. The third kappa shape index (κ3) is 62.6. The maximum Gasteiger partial charge on any atom is 0.306 e. The van der Waals surface area contributed by atoms with Crippen molar-refractivity contribution in [3.8, 4) is 0 Å². The van der Waals surface area contributed by atoms with Crippen molar-refractivity contribution in [3.05, 3.63) is 72.9 Å². The predicted molar refractivity (Wildman–Crippen MR) is 333 cm³/mol. The Kier molecular flexibility index (Phi) is 57.2. The maximum absolute atomic E-state index is 12.8. The fraction of sp³-hybridized carbons (Fsp3) is 0.794. The van der Waals surface area contributed by atoms with Crippen LogP contribution >= 0.6 is 7.82 Å². The second-order valence-corrected chi connectivity index (χ2v) is 24.5. The standard InChI is InChI=1S/C68H124NO8P/c1-6-8-10-12-14-16-18-20-22-24-26-28-30-31-32-33-34-35-36-37-39-41-43-45-47-49-51-53-55-57-59-61-68(71)77-66(65-76-78(72,73)75-63-62-69(3,4)5)64-74-67(70)60-58-56-54-52-50-48-46-44-42-40-38-29-27-25-23-21-19-17-15-13-11-9-7-2/h8,10,14,16,20,22,25-28,31-32,66H,6-7,9,11-13,15,17-19,21,23-24,29-30,33-65H2,1-5H3/b10-8-,16-14-,22-20-,27-25-,28-26-,32-31-. The Hall–Kier alpha value is -2.55. The van der Waals surface area contributed by atoms with Gasteiger partial charge in [0.05, 0.1) is 27.7 Å². The highest BCUT2D eigenvalue weighted by molar-refractivity contribution is 7.45. The van der Waals surface area contributed by atoms with Gasteiger partial charge < -0.3 is 27.9 Å². The number of phosphoric ester groups is 1. The Morgan fingerprint density at radius 2 is 0.731 bits per heavy atom. The quantitative estimate of drug-likeness (QED) is 0.0195. The molecule has 78 heavy (non-hydrogen) atoms. The van der Waals surface area contributed by atoms with E-state index in [1.165, 1.54) is 193 Å². The number of likely N-dealkylation sites (N-methyl/N-ethyl adjacent to an activating group) is 1. The van der Waals surface area contributed by atoms with Crippen LogP contribution in [-0.4, -0.2) is 70.0 Å². The Bertz CT molecular complexity index is 1550. The monoisotopic (exact) mass is 1110 g/mol. The van der Waals surface area contributed by atoms with E-state index >= 15 is 0 Å². The molecule has 0 aromatic heterocycles. The zero-order valence-corrected chi connectivity index (χ0v) is 52.5. The summed E-state index contributed by atoms with van der Waals surface area (Å²) in [4.78, 5) is 38.0. The number of esters is 2. The number of carbonyl (C=O) groups is 2. The lowest BCUT2D eigenvalue weighted by atomic mass is 10.0. The van der Waals surface area contributed by atoms with Gasteiger partial charge in [0.15, 0.2) is 6.10 Å². The summed E-state index contributed by atoms with van der Waals surface area (Å²) in [5.41, 5.74) is 0. The Balaban J connectivity index is 4.07. The molecule has 454 valence electrons. The molecule has 0 saturated carbocycles. The van der Waals surface area contributed by atoms with E-state index in [1.807, 2.05) is 21.1 Å². The first-order chi connectivity index (χ1) is 38.0. The van der Waals surface area contributed by atoms with E-state index in [2.05, 4.69) is 86.8 Å². The Morgan fingerprint density at radius 1 is 0.410 bits per heavy atom. The molecule has 0 aliphatic rings. The van der Waals surface area contributed by atoms with Crippen LogP contribution in [0.3, 0.4) is 0 Å². The largest absolute Gasteiger partial charge is 0.756 e. The average molecular weight is 1110 g/mol. The minimum Gasteiger partial charge on any atom is -0.756 e. The fourth-order valence-corrected chi connectivity index (χ4v) is 9.94. The van der Waals surface area contributed by atoms with E-state index < -0.39 is 26.5 Å². The molecule has 0 spiro atoms. The molecule has 10 heteroatoms. The number of unbranched alkanes of at least 4 members (excludes halogenated alkanes) is 34. The summed E-state index contributed by atoms with van der Waals surface area (Å²) in [6.45, 7) is 4.16. The highest BCUT2D eigenvalue weighted by atomic mass is 31.2. The summed E-state index contributed by atoms with van der Waals surface area (Å²) in [6.07, 6.45) is 78.2. The number of ether oxygens (including phenoxy) is 2. The van der Waals surface area contributed by atoms with Crippen LogP contribution in [0.2, 0.25) is 0 Å². The van der Waals surface area contributed by atoms with Gasteiger partial charge in [-0.05, 0) is 83.5 Å². The van der Waals surface area contributed by atoms with Crippen molar-refractivity contribution in [2.75, 3.05) is 47.5 Å². The number of phosphoric acid groups is 1. The first-order valence-electron chi connectivity index (χ1n) is 32.6. The molecular formula is C68H124NO8P. The van der Waals surface area contributed by atoms with Gasteiger partial charge in [-0.15, -0.1) is 0 Å². The van der Waals surface area contributed by atoms with Crippen LogP contribution in [0.15, 0.2) is 72.9 Å². The zero-order valence-electron chi connectivity index (χ0n) is 51.6. The smallest absolute Gasteiger partial charge is 0.306 e.